The van der Waals surface area contributed by atoms with Crippen molar-refractivity contribution in [3.8, 4) is 0 Å². The highest BCUT2D eigenvalue weighted by Crippen LogP contribution is 2.60. The third-order valence-electron chi connectivity index (χ3n) is 6.06. The molecule has 2 nitrogen and oxygen atoms in total. The summed E-state index contributed by atoms with van der Waals surface area (Å²) < 4.78 is 11.7. The van der Waals surface area contributed by atoms with Gasteiger partial charge in [-0.25, -0.2) is 0 Å². The number of ether oxygens (including phenoxy) is 2. The minimum Gasteiger partial charge on any atom is -0.366 e. The zero-order valence-corrected chi connectivity index (χ0v) is 9.68. The van der Waals surface area contributed by atoms with Crippen LogP contribution < -0.4 is 0 Å². The lowest BCUT2D eigenvalue weighted by Crippen LogP contribution is -2.42. The van der Waals surface area contributed by atoms with Crippen molar-refractivity contribution in [1.82, 2.24) is 0 Å². The van der Waals surface area contributed by atoms with E-state index in [1.165, 1.54) is 38.5 Å². The molecule has 0 aromatic rings. The van der Waals surface area contributed by atoms with Crippen molar-refractivity contribution in [3.63, 3.8) is 0 Å². The van der Waals surface area contributed by atoms with Gasteiger partial charge in [0.15, 0.2) is 0 Å². The molecule has 0 amide bonds. The van der Waals surface area contributed by atoms with E-state index in [4.69, 9.17) is 9.47 Å². The first-order chi connectivity index (χ1) is 7.92. The lowest BCUT2D eigenvalue weighted by molar-refractivity contribution is 0.0473. The van der Waals surface area contributed by atoms with Gasteiger partial charge in [0, 0.05) is 0 Å². The van der Waals surface area contributed by atoms with Crippen LogP contribution >= 0.6 is 0 Å². The van der Waals surface area contributed by atoms with Gasteiger partial charge in [0.2, 0.25) is 0 Å². The molecule has 16 heavy (non-hydrogen) atoms. The van der Waals surface area contributed by atoms with Crippen molar-refractivity contribution in [2.45, 2.75) is 62.9 Å². The summed E-state index contributed by atoms with van der Waals surface area (Å²) in [5.41, 5.74) is 0. The van der Waals surface area contributed by atoms with Crippen molar-refractivity contribution in [2.24, 2.45) is 23.7 Å². The molecule has 2 heteroatoms. The van der Waals surface area contributed by atoms with E-state index in [1.807, 2.05) is 0 Å². The van der Waals surface area contributed by atoms with Gasteiger partial charge in [-0.2, -0.15) is 0 Å². The molecule has 8 atom stereocenters. The number of hydrogen-bond donors (Lipinski definition) is 0. The largest absolute Gasteiger partial charge is 0.366 e. The molecule has 5 aliphatic rings. The van der Waals surface area contributed by atoms with E-state index < -0.39 is 0 Å². The van der Waals surface area contributed by atoms with Gasteiger partial charge >= 0.3 is 0 Å². The highest BCUT2D eigenvalue weighted by molar-refractivity contribution is 5.16. The Morgan fingerprint density at radius 3 is 1.62 bits per heavy atom. The molecule has 2 heterocycles. The second-order valence-electron chi connectivity index (χ2n) is 6.73. The van der Waals surface area contributed by atoms with Crippen LogP contribution in [-0.4, -0.2) is 24.4 Å². The maximum Gasteiger partial charge on any atom is 0.113 e. The van der Waals surface area contributed by atoms with E-state index in [-0.39, 0.29) is 0 Å². The van der Waals surface area contributed by atoms with E-state index in [0.29, 0.717) is 24.4 Å². The SMILES string of the molecule is C1CCC2CC3C(CC2C1)C1OC1C1OC31. The molecule has 0 radical (unpaired) electrons. The standard InChI is InChI=1S/C14H20O2/c1-2-4-8-6-10-9(5-7(8)3-1)11-13(15-11)14-12(10)16-14/h7-14H,1-6H2. The van der Waals surface area contributed by atoms with Crippen LogP contribution in [-0.2, 0) is 9.47 Å². The average Bonchev–Trinajstić information content (AvgIpc) is 3.16. The van der Waals surface area contributed by atoms with Crippen LogP contribution in [0.2, 0.25) is 0 Å². The molecular formula is C14H20O2. The smallest absolute Gasteiger partial charge is 0.113 e. The van der Waals surface area contributed by atoms with E-state index in [0.717, 1.165) is 23.7 Å². The fourth-order valence-corrected chi connectivity index (χ4v) is 5.20. The Morgan fingerprint density at radius 2 is 1.12 bits per heavy atom. The topological polar surface area (TPSA) is 25.1 Å². The van der Waals surface area contributed by atoms with Gasteiger partial charge in [0.25, 0.3) is 0 Å². The lowest BCUT2D eigenvalue weighted by Gasteiger charge is -2.44. The van der Waals surface area contributed by atoms with Gasteiger partial charge < -0.3 is 9.47 Å². The van der Waals surface area contributed by atoms with E-state index >= 15 is 0 Å². The number of fused-ring (bicyclic) bond motifs is 7. The molecule has 2 saturated heterocycles. The zero-order valence-electron chi connectivity index (χ0n) is 9.68. The van der Waals surface area contributed by atoms with Crippen molar-refractivity contribution >= 4 is 0 Å². The summed E-state index contributed by atoms with van der Waals surface area (Å²) in [6.45, 7) is 0. The molecule has 3 saturated carbocycles. The Morgan fingerprint density at radius 1 is 0.625 bits per heavy atom. The molecule has 8 unspecified atom stereocenters. The summed E-state index contributed by atoms with van der Waals surface area (Å²) in [4.78, 5) is 0. The summed E-state index contributed by atoms with van der Waals surface area (Å²) in [7, 11) is 0. The van der Waals surface area contributed by atoms with E-state index in [2.05, 4.69) is 0 Å². The van der Waals surface area contributed by atoms with E-state index in [9.17, 15) is 0 Å². The predicted octanol–water partition coefficient (Wildman–Crippen LogP) is 2.37. The Kier molecular flexibility index (Phi) is 1.58. The van der Waals surface area contributed by atoms with Gasteiger partial charge in [-0.15, -0.1) is 0 Å². The van der Waals surface area contributed by atoms with Gasteiger partial charge in [0.1, 0.15) is 12.2 Å². The summed E-state index contributed by atoms with van der Waals surface area (Å²) in [5.74, 6) is 3.81. The van der Waals surface area contributed by atoms with Crippen LogP contribution in [0.3, 0.4) is 0 Å². The Hall–Kier alpha value is -0.0800. The Labute approximate surface area is 96.7 Å². The highest BCUT2D eigenvalue weighted by Gasteiger charge is 2.69. The van der Waals surface area contributed by atoms with Crippen molar-refractivity contribution in [2.75, 3.05) is 0 Å². The first-order valence-electron chi connectivity index (χ1n) is 7.23. The molecule has 0 aromatic heterocycles. The summed E-state index contributed by atoms with van der Waals surface area (Å²) in [6, 6.07) is 0. The van der Waals surface area contributed by atoms with Crippen LogP contribution in [0.1, 0.15) is 38.5 Å². The van der Waals surface area contributed by atoms with Gasteiger partial charge in [-0.05, 0) is 36.5 Å². The van der Waals surface area contributed by atoms with Crippen LogP contribution in [0.5, 0.6) is 0 Å². The van der Waals surface area contributed by atoms with E-state index in [1.54, 1.807) is 0 Å². The van der Waals surface area contributed by atoms with Crippen molar-refractivity contribution in [1.29, 1.82) is 0 Å². The number of epoxide rings is 2. The average molecular weight is 220 g/mol. The summed E-state index contributed by atoms with van der Waals surface area (Å²) >= 11 is 0. The lowest BCUT2D eigenvalue weighted by atomic mass is 9.60. The molecule has 5 rings (SSSR count). The van der Waals surface area contributed by atoms with Crippen LogP contribution in [0.15, 0.2) is 0 Å². The molecule has 88 valence electrons. The predicted molar refractivity (Wildman–Crippen MR) is 59.0 cm³/mol. The normalized spacial score (nSPS) is 66.0. The Balaban J connectivity index is 1.44. The zero-order chi connectivity index (χ0) is 10.3. The third-order valence-corrected chi connectivity index (χ3v) is 6.06. The van der Waals surface area contributed by atoms with Crippen molar-refractivity contribution < 1.29 is 9.47 Å². The molecule has 5 fully saturated rings. The maximum atomic E-state index is 5.86. The monoisotopic (exact) mass is 220 g/mol. The van der Waals surface area contributed by atoms with Crippen LogP contribution in [0.4, 0.5) is 0 Å². The molecule has 0 bridgehead atoms. The van der Waals surface area contributed by atoms with Crippen molar-refractivity contribution in [3.05, 3.63) is 0 Å². The minimum atomic E-state index is 0.520. The van der Waals surface area contributed by atoms with Crippen LogP contribution in [0.25, 0.3) is 0 Å². The first kappa shape index (κ1) is 8.93. The maximum absolute atomic E-state index is 5.86. The van der Waals surface area contributed by atoms with Gasteiger partial charge in [-0.1, -0.05) is 25.7 Å². The second kappa shape index (κ2) is 2.84. The van der Waals surface area contributed by atoms with Gasteiger partial charge in [0.05, 0.1) is 12.2 Å². The fraction of sp³-hybridized carbons (Fsp3) is 1.00. The molecular weight excluding hydrogens is 200 g/mol. The number of hydrogen-bond acceptors (Lipinski definition) is 2. The second-order valence-corrected chi connectivity index (χ2v) is 6.73. The first-order valence-corrected chi connectivity index (χ1v) is 7.23. The van der Waals surface area contributed by atoms with Gasteiger partial charge in [-0.3, -0.25) is 0 Å². The summed E-state index contributed by atoms with van der Waals surface area (Å²) in [6.07, 6.45) is 11.1. The molecule has 0 N–H and O–H groups in total. The molecule has 0 aromatic carbocycles. The highest BCUT2D eigenvalue weighted by atomic mass is 16.7. The minimum absolute atomic E-state index is 0.520. The number of rotatable bonds is 0. The third kappa shape index (κ3) is 1.06. The molecule has 2 aliphatic heterocycles. The van der Waals surface area contributed by atoms with Crippen LogP contribution in [0, 0.1) is 23.7 Å². The fourth-order valence-electron chi connectivity index (χ4n) is 5.20. The quantitative estimate of drug-likeness (QED) is 0.585. The Bertz CT molecular complexity index is 297. The molecule has 0 spiro atoms. The summed E-state index contributed by atoms with van der Waals surface area (Å²) in [5, 5.41) is 0. The molecule has 3 aliphatic carbocycles.